The number of carbonyl (C=O) groups excluding carboxylic acids is 1. The zero-order valence-corrected chi connectivity index (χ0v) is 12.1. The molecule has 0 radical (unpaired) electrons. The first-order valence-electron chi connectivity index (χ1n) is 7.31. The van der Waals surface area contributed by atoms with Crippen LogP contribution >= 0.6 is 0 Å². The topological polar surface area (TPSA) is 58.4 Å². The molecule has 21 heavy (non-hydrogen) atoms. The van der Waals surface area contributed by atoms with E-state index in [0.29, 0.717) is 5.76 Å². The SMILES string of the molecule is Cc1cnc(C(=O)Nc2ccc(N3CCCCC3)cc2)o1. The molecule has 2 heterocycles. The molecule has 2 aromatic rings. The van der Waals surface area contributed by atoms with Crippen molar-refractivity contribution in [1.82, 2.24) is 4.98 Å². The van der Waals surface area contributed by atoms with Crippen LogP contribution in [0.4, 0.5) is 11.4 Å². The molecule has 1 aliphatic rings. The van der Waals surface area contributed by atoms with Gasteiger partial charge in [0.05, 0.1) is 6.20 Å². The van der Waals surface area contributed by atoms with Crippen LogP contribution in [0.2, 0.25) is 0 Å². The number of nitrogens with one attached hydrogen (secondary N) is 1. The van der Waals surface area contributed by atoms with Gasteiger partial charge in [-0.1, -0.05) is 0 Å². The van der Waals surface area contributed by atoms with Crippen LogP contribution in [0.3, 0.4) is 0 Å². The van der Waals surface area contributed by atoms with Crippen LogP contribution < -0.4 is 10.2 Å². The smallest absolute Gasteiger partial charge is 0.311 e. The maximum absolute atomic E-state index is 11.9. The third kappa shape index (κ3) is 3.24. The van der Waals surface area contributed by atoms with Gasteiger partial charge in [-0.15, -0.1) is 0 Å². The van der Waals surface area contributed by atoms with Crippen molar-refractivity contribution in [3.8, 4) is 0 Å². The fourth-order valence-electron chi connectivity index (χ4n) is 2.55. The summed E-state index contributed by atoms with van der Waals surface area (Å²) in [5.74, 6) is 0.391. The quantitative estimate of drug-likeness (QED) is 0.940. The van der Waals surface area contributed by atoms with Gasteiger partial charge in [0, 0.05) is 24.5 Å². The fraction of sp³-hybridized carbons (Fsp3) is 0.375. The number of aromatic nitrogens is 1. The first-order valence-corrected chi connectivity index (χ1v) is 7.31. The van der Waals surface area contributed by atoms with Crippen LogP contribution in [-0.4, -0.2) is 24.0 Å². The van der Waals surface area contributed by atoms with E-state index in [1.165, 1.54) is 31.1 Å². The van der Waals surface area contributed by atoms with Gasteiger partial charge in [0.1, 0.15) is 5.76 Å². The second kappa shape index (κ2) is 5.99. The normalized spacial score (nSPS) is 15.0. The molecule has 3 rings (SSSR count). The Hall–Kier alpha value is -2.30. The van der Waals surface area contributed by atoms with E-state index in [1.54, 1.807) is 6.92 Å². The Morgan fingerprint density at radius 2 is 1.90 bits per heavy atom. The van der Waals surface area contributed by atoms with Crippen LogP contribution in [0.1, 0.15) is 35.7 Å². The lowest BCUT2D eigenvalue weighted by atomic mass is 10.1. The molecule has 110 valence electrons. The van der Waals surface area contributed by atoms with Crippen molar-refractivity contribution in [3.05, 3.63) is 42.1 Å². The van der Waals surface area contributed by atoms with E-state index in [4.69, 9.17) is 4.42 Å². The molecule has 0 bridgehead atoms. The number of piperidine rings is 1. The third-order valence-corrected chi connectivity index (χ3v) is 3.66. The largest absolute Gasteiger partial charge is 0.438 e. The minimum atomic E-state index is -0.325. The minimum Gasteiger partial charge on any atom is -0.438 e. The fourth-order valence-corrected chi connectivity index (χ4v) is 2.55. The minimum absolute atomic E-state index is 0.0904. The number of rotatable bonds is 3. The Balaban J connectivity index is 1.65. The second-order valence-electron chi connectivity index (χ2n) is 5.32. The molecule has 5 nitrogen and oxygen atoms in total. The lowest BCUT2D eigenvalue weighted by Crippen LogP contribution is -2.29. The Labute approximate surface area is 124 Å². The molecule has 1 aromatic heterocycles. The van der Waals surface area contributed by atoms with Crippen LogP contribution in [-0.2, 0) is 0 Å². The molecular formula is C16H19N3O2. The van der Waals surface area contributed by atoms with E-state index in [9.17, 15) is 4.79 Å². The average molecular weight is 285 g/mol. The van der Waals surface area contributed by atoms with Gasteiger partial charge in [-0.3, -0.25) is 4.79 Å². The molecule has 0 saturated carbocycles. The summed E-state index contributed by atoms with van der Waals surface area (Å²) in [6, 6.07) is 7.92. The van der Waals surface area contributed by atoms with Crippen LogP contribution in [0.25, 0.3) is 0 Å². The number of amides is 1. The van der Waals surface area contributed by atoms with Crippen LogP contribution in [0.15, 0.2) is 34.9 Å². The highest BCUT2D eigenvalue weighted by Gasteiger charge is 2.13. The van der Waals surface area contributed by atoms with Gasteiger partial charge in [-0.05, 0) is 50.5 Å². The predicted molar refractivity (Wildman–Crippen MR) is 81.7 cm³/mol. The average Bonchev–Trinajstić information content (AvgIpc) is 2.96. The Morgan fingerprint density at radius 1 is 1.19 bits per heavy atom. The van der Waals surface area contributed by atoms with E-state index in [1.807, 2.05) is 24.3 Å². The highest BCUT2D eigenvalue weighted by molar-refractivity contribution is 6.00. The van der Waals surface area contributed by atoms with Crippen molar-refractivity contribution in [2.75, 3.05) is 23.3 Å². The Bertz CT molecular complexity index is 613. The second-order valence-corrected chi connectivity index (χ2v) is 5.32. The van der Waals surface area contributed by atoms with Gasteiger partial charge in [-0.2, -0.15) is 0 Å². The first-order chi connectivity index (χ1) is 10.2. The summed E-state index contributed by atoms with van der Waals surface area (Å²) < 4.78 is 5.21. The van der Waals surface area contributed by atoms with Crippen LogP contribution in [0, 0.1) is 6.92 Å². The molecule has 0 aliphatic carbocycles. The molecule has 1 amide bonds. The molecule has 1 N–H and O–H groups in total. The summed E-state index contributed by atoms with van der Waals surface area (Å²) in [5, 5.41) is 2.79. The Kier molecular flexibility index (Phi) is 3.90. The first kappa shape index (κ1) is 13.7. The number of carbonyl (C=O) groups is 1. The predicted octanol–water partition coefficient (Wildman–Crippen LogP) is 3.23. The summed E-state index contributed by atoms with van der Waals surface area (Å²) in [5.41, 5.74) is 1.95. The standard InChI is InChI=1S/C16H19N3O2/c1-12-11-17-16(21-12)15(20)18-13-5-7-14(8-6-13)19-9-3-2-4-10-19/h5-8,11H,2-4,9-10H2,1H3,(H,18,20). The number of aryl methyl sites for hydroxylation is 1. The van der Waals surface area contributed by atoms with Gasteiger partial charge in [-0.25, -0.2) is 4.98 Å². The lowest BCUT2D eigenvalue weighted by Gasteiger charge is -2.28. The number of benzene rings is 1. The molecule has 0 unspecified atom stereocenters. The van der Waals surface area contributed by atoms with Crippen molar-refractivity contribution in [3.63, 3.8) is 0 Å². The number of oxazole rings is 1. The molecule has 0 spiro atoms. The van der Waals surface area contributed by atoms with Gasteiger partial charge in [0.15, 0.2) is 0 Å². The van der Waals surface area contributed by atoms with E-state index in [0.717, 1.165) is 18.8 Å². The maximum atomic E-state index is 11.9. The van der Waals surface area contributed by atoms with Gasteiger partial charge in [0.2, 0.25) is 0 Å². The molecule has 5 heteroatoms. The highest BCUT2D eigenvalue weighted by atomic mass is 16.4. The molecular weight excluding hydrogens is 266 g/mol. The van der Waals surface area contributed by atoms with Crippen molar-refractivity contribution in [2.24, 2.45) is 0 Å². The van der Waals surface area contributed by atoms with Crippen molar-refractivity contribution in [2.45, 2.75) is 26.2 Å². The molecule has 0 atom stereocenters. The summed E-state index contributed by atoms with van der Waals surface area (Å²) in [6.45, 7) is 3.99. The van der Waals surface area contributed by atoms with E-state index < -0.39 is 0 Å². The monoisotopic (exact) mass is 285 g/mol. The van der Waals surface area contributed by atoms with Gasteiger partial charge in [0.25, 0.3) is 5.89 Å². The van der Waals surface area contributed by atoms with E-state index >= 15 is 0 Å². The number of hydrogen-bond acceptors (Lipinski definition) is 4. The zero-order chi connectivity index (χ0) is 14.7. The Morgan fingerprint density at radius 3 is 2.52 bits per heavy atom. The van der Waals surface area contributed by atoms with E-state index in [2.05, 4.69) is 15.2 Å². The molecule has 1 aliphatic heterocycles. The molecule has 1 aromatic carbocycles. The van der Waals surface area contributed by atoms with Gasteiger partial charge < -0.3 is 14.6 Å². The summed E-state index contributed by atoms with van der Waals surface area (Å²) in [4.78, 5) is 18.2. The third-order valence-electron chi connectivity index (χ3n) is 3.66. The maximum Gasteiger partial charge on any atom is 0.311 e. The van der Waals surface area contributed by atoms with Crippen molar-refractivity contribution < 1.29 is 9.21 Å². The van der Waals surface area contributed by atoms with Crippen molar-refractivity contribution >= 4 is 17.3 Å². The van der Waals surface area contributed by atoms with Crippen molar-refractivity contribution in [1.29, 1.82) is 0 Å². The number of nitrogens with zero attached hydrogens (tertiary/aromatic N) is 2. The molecule has 1 saturated heterocycles. The number of hydrogen-bond donors (Lipinski definition) is 1. The lowest BCUT2D eigenvalue weighted by molar-refractivity contribution is 0.0989. The summed E-state index contributed by atoms with van der Waals surface area (Å²) >= 11 is 0. The van der Waals surface area contributed by atoms with E-state index in [-0.39, 0.29) is 11.8 Å². The zero-order valence-electron chi connectivity index (χ0n) is 12.1. The highest BCUT2D eigenvalue weighted by Crippen LogP contribution is 2.22. The van der Waals surface area contributed by atoms with Gasteiger partial charge >= 0.3 is 5.91 Å². The summed E-state index contributed by atoms with van der Waals surface area (Å²) in [7, 11) is 0. The molecule has 1 fully saturated rings. The summed E-state index contributed by atoms with van der Waals surface area (Å²) in [6.07, 6.45) is 5.36. The number of anilines is 2. The van der Waals surface area contributed by atoms with Crippen LogP contribution in [0.5, 0.6) is 0 Å².